The highest BCUT2D eigenvalue weighted by atomic mass is 32.1. The molecular formula is C42H23N3S2. The fraction of sp³-hybridized carbons (Fsp3) is 0. The van der Waals surface area contributed by atoms with E-state index in [9.17, 15) is 0 Å². The fourth-order valence-electron chi connectivity index (χ4n) is 7.50. The summed E-state index contributed by atoms with van der Waals surface area (Å²) < 4.78 is 4.89. The smallest absolute Gasteiger partial charge is 0.235 e. The minimum atomic E-state index is 0.688. The summed E-state index contributed by atoms with van der Waals surface area (Å²) in [4.78, 5) is 13.3. The van der Waals surface area contributed by atoms with Gasteiger partial charge in [0.05, 0.1) is 27.3 Å². The maximum Gasteiger partial charge on any atom is 0.235 e. The molecule has 47 heavy (non-hydrogen) atoms. The largest absolute Gasteiger partial charge is 0.278 e. The number of hydrogen-bond donors (Lipinski definition) is 0. The number of fused-ring (bicyclic) bond motifs is 9. The summed E-state index contributed by atoms with van der Waals surface area (Å²) in [6.07, 6.45) is 0. The van der Waals surface area contributed by atoms with E-state index in [4.69, 9.17) is 9.97 Å². The van der Waals surface area contributed by atoms with E-state index in [1.54, 1.807) is 11.3 Å². The van der Waals surface area contributed by atoms with Crippen LogP contribution < -0.4 is 4.90 Å². The molecule has 3 aromatic heterocycles. The Balaban J connectivity index is 1.28. The van der Waals surface area contributed by atoms with Crippen LogP contribution in [0, 0.1) is 0 Å². The van der Waals surface area contributed by atoms with Crippen molar-refractivity contribution in [2.75, 3.05) is 4.90 Å². The predicted molar refractivity (Wildman–Crippen MR) is 202 cm³/mol. The molecule has 10 aromatic rings. The molecule has 0 atom stereocenters. The summed E-state index contributed by atoms with van der Waals surface area (Å²) in [5, 5.41) is 8.57. The van der Waals surface area contributed by atoms with Crippen molar-refractivity contribution >= 4 is 102 Å². The summed E-state index contributed by atoms with van der Waals surface area (Å²) in [6.45, 7) is 0. The van der Waals surface area contributed by atoms with Crippen molar-refractivity contribution < 1.29 is 0 Å². The van der Waals surface area contributed by atoms with E-state index in [0.29, 0.717) is 5.95 Å². The van der Waals surface area contributed by atoms with Crippen LogP contribution in [0.4, 0.5) is 17.3 Å². The van der Waals surface area contributed by atoms with Crippen LogP contribution in [-0.4, -0.2) is 9.97 Å². The van der Waals surface area contributed by atoms with Gasteiger partial charge in [-0.15, -0.1) is 22.7 Å². The van der Waals surface area contributed by atoms with Crippen molar-refractivity contribution in [1.29, 1.82) is 0 Å². The Morgan fingerprint density at radius 2 is 1.09 bits per heavy atom. The normalized spacial score (nSPS) is 12.6. The second kappa shape index (κ2) is 9.46. The Morgan fingerprint density at radius 1 is 0.447 bits per heavy atom. The van der Waals surface area contributed by atoms with E-state index in [2.05, 4.69) is 144 Å². The number of nitrogens with zero attached hydrogens (tertiary/aromatic N) is 3. The van der Waals surface area contributed by atoms with Gasteiger partial charge in [-0.1, -0.05) is 109 Å². The van der Waals surface area contributed by atoms with Crippen molar-refractivity contribution in [1.82, 2.24) is 9.97 Å². The van der Waals surface area contributed by atoms with Crippen molar-refractivity contribution in [2.24, 2.45) is 0 Å². The number of aromatic nitrogens is 2. The summed E-state index contributed by atoms with van der Waals surface area (Å²) in [6, 6.07) is 50.4. The van der Waals surface area contributed by atoms with Crippen molar-refractivity contribution in [2.45, 2.75) is 0 Å². The second-order valence-corrected chi connectivity index (χ2v) is 14.3. The molecule has 218 valence electrons. The molecule has 4 heterocycles. The van der Waals surface area contributed by atoms with Gasteiger partial charge in [-0.2, -0.15) is 0 Å². The molecule has 0 radical (unpaired) electrons. The maximum atomic E-state index is 5.58. The van der Waals surface area contributed by atoms with Gasteiger partial charge in [-0.05, 0) is 52.1 Å². The lowest BCUT2D eigenvalue weighted by Gasteiger charge is -2.32. The summed E-state index contributed by atoms with van der Waals surface area (Å²) >= 11 is 3.63. The number of thiophene rings is 2. The van der Waals surface area contributed by atoms with E-state index in [1.165, 1.54) is 57.5 Å². The zero-order chi connectivity index (χ0) is 30.6. The maximum absolute atomic E-state index is 5.58. The van der Waals surface area contributed by atoms with Crippen LogP contribution in [0.3, 0.4) is 0 Å². The molecule has 0 saturated heterocycles. The molecule has 0 amide bonds. The number of hydrogen-bond acceptors (Lipinski definition) is 5. The first-order chi connectivity index (χ1) is 23.3. The molecule has 5 heteroatoms. The first kappa shape index (κ1) is 25.6. The van der Waals surface area contributed by atoms with Crippen LogP contribution in [0.25, 0.3) is 84.4 Å². The molecule has 0 fully saturated rings. The average molecular weight is 634 g/mol. The van der Waals surface area contributed by atoms with Crippen LogP contribution in [0.5, 0.6) is 0 Å². The lowest BCUT2D eigenvalue weighted by Crippen LogP contribution is -2.18. The van der Waals surface area contributed by atoms with Crippen LogP contribution >= 0.6 is 22.7 Å². The Kier molecular flexibility index (Phi) is 5.14. The first-order valence-electron chi connectivity index (χ1n) is 15.8. The van der Waals surface area contributed by atoms with Gasteiger partial charge in [-0.25, -0.2) is 9.97 Å². The number of rotatable bonds is 2. The highest BCUT2D eigenvalue weighted by Gasteiger charge is 2.30. The summed E-state index contributed by atoms with van der Waals surface area (Å²) in [7, 11) is 0. The molecule has 3 nitrogen and oxygen atoms in total. The summed E-state index contributed by atoms with van der Waals surface area (Å²) in [5.74, 6) is 0.688. The highest BCUT2D eigenvalue weighted by Crippen LogP contribution is 2.52. The zero-order valence-electron chi connectivity index (χ0n) is 24.9. The van der Waals surface area contributed by atoms with Crippen LogP contribution in [0.2, 0.25) is 0 Å². The predicted octanol–water partition coefficient (Wildman–Crippen LogP) is 12.6. The number of benzene rings is 7. The monoisotopic (exact) mass is 633 g/mol. The Bertz CT molecular complexity index is 2930. The topological polar surface area (TPSA) is 29.0 Å². The van der Waals surface area contributed by atoms with Crippen LogP contribution in [0.1, 0.15) is 0 Å². The first-order valence-corrected chi connectivity index (χ1v) is 17.4. The lowest BCUT2D eigenvalue weighted by atomic mass is 9.89. The molecule has 0 N–H and O–H groups in total. The zero-order valence-corrected chi connectivity index (χ0v) is 26.6. The van der Waals surface area contributed by atoms with Gasteiger partial charge in [0.2, 0.25) is 5.95 Å². The van der Waals surface area contributed by atoms with Gasteiger partial charge in [0.1, 0.15) is 0 Å². The minimum absolute atomic E-state index is 0.688. The standard InChI is InChI=1S/C42H23N3S2/c1-2-11-26-23-34-32(22-25(26)10-1)28-16-7-12-24-13-8-19-33(37(24)28)45(34)42-43-38-30-15-4-6-21-36(30)47-41(38)39(44-42)31-18-9-17-29-27-14-3-5-20-35(27)46-40(29)31/h1-23H. The lowest BCUT2D eigenvalue weighted by molar-refractivity contribution is 1.12. The molecular weight excluding hydrogens is 611 g/mol. The van der Waals surface area contributed by atoms with E-state index < -0.39 is 0 Å². The fourth-order valence-corrected chi connectivity index (χ4v) is 9.86. The van der Waals surface area contributed by atoms with Crippen LogP contribution in [-0.2, 0) is 0 Å². The van der Waals surface area contributed by atoms with Crippen LogP contribution in [0.15, 0.2) is 140 Å². The molecule has 11 rings (SSSR count). The minimum Gasteiger partial charge on any atom is -0.278 e. The molecule has 0 aliphatic carbocycles. The van der Waals surface area contributed by atoms with E-state index in [0.717, 1.165) is 38.2 Å². The molecule has 7 aromatic carbocycles. The molecule has 0 spiro atoms. The third kappa shape index (κ3) is 3.55. The van der Waals surface area contributed by atoms with Gasteiger partial charge in [0, 0.05) is 46.8 Å². The Labute approximate surface area is 277 Å². The molecule has 1 aliphatic heterocycles. The van der Waals surface area contributed by atoms with Crippen molar-refractivity contribution in [3.05, 3.63) is 140 Å². The van der Waals surface area contributed by atoms with Crippen molar-refractivity contribution in [3.8, 4) is 22.4 Å². The highest BCUT2D eigenvalue weighted by molar-refractivity contribution is 7.27. The Hall–Kier alpha value is -5.62. The van der Waals surface area contributed by atoms with Gasteiger partial charge in [-0.3, -0.25) is 4.90 Å². The van der Waals surface area contributed by atoms with Gasteiger partial charge < -0.3 is 0 Å². The van der Waals surface area contributed by atoms with E-state index in [1.807, 2.05) is 11.3 Å². The Morgan fingerprint density at radius 3 is 1.96 bits per heavy atom. The third-order valence-electron chi connectivity index (χ3n) is 9.59. The molecule has 1 aliphatic rings. The summed E-state index contributed by atoms with van der Waals surface area (Å²) in [5.41, 5.74) is 7.77. The van der Waals surface area contributed by atoms with Gasteiger partial charge >= 0.3 is 0 Å². The van der Waals surface area contributed by atoms with Crippen molar-refractivity contribution in [3.63, 3.8) is 0 Å². The van der Waals surface area contributed by atoms with Gasteiger partial charge in [0.25, 0.3) is 0 Å². The third-order valence-corrected chi connectivity index (χ3v) is 12.0. The van der Waals surface area contributed by atoms with Gasteiger partial charge in [0.15, 0.2) is 0 Å². The SMILES string of the molecule is c1ccc2cc3c(cc2c1)-c1cccc2cccc(c12)N3c1nc(-c2cccc3c2sc2ccccc23)c2sc3ccccc3c2n1. The number of anilines is 3. The van der Waals surface area contributed by atoms with E-state index >= 15 is 0 Å². The van der Waals surface area contributed by atoms with E-state index in [-0.39, 0.29) is 0 Å². The molecule has 0 bridgehead atoms. The quantitative estimate of drug-likeness (QED) is 0.190. The second-order valence-electron chi connectivity index (χ2n) is 12.2. The molecule has 0 unspecified atom stereocenters. The molecule has 0 saturated carbocycles. The average Bonchev–Trinajstić information content (AvgIpc) is 3.70.